The maximum absolute atomic E-state index is 10.2. The summed E-state index contributed by atoms with van der Waals surface area (Å²) in [6, 6.07) is 1.98. The zero-order chi connectivity index (χ0) is 11.5. The fourth-order valence-electron chi connectivity index (χ4n) is 2.05. The van der Waals surface area contributed by atoms with Crippen molar-refractivity contribution in [2.24, 2.45) is 5.92 Å². The molecule has 1 aromatic heterocycles. The van der Waals surface area contributed by atoms with Gasteiger partial charge in [-0.15, -0.1) is 0 Å². The summed E-state index contributed by atoms with van der Waals surface area (Å²) in [5.74, 6) is 0.871. The highest BCUT2D eigenvalue weighted by atomic mass is 16.3. The molecule has 1 aliphatic rings. The van der Waals surface area contributed by atoms with E-state index < -0.39 is 0 Å². The molecule has 1 heterocycles. The second-order valence-corrected chi connectivity index (χ2v) is 4.78. The molecule has 1 atom stereocenters. The molecule has 1 unspecified atom stereocenters. The van der Waals surface area contributed by atoms with E-state index in [4.69, 9.17) is 0 Å². The number of aliphatic hydroxyl groups excluding tert-OH is 1. The summed E-state index contributed by atoms with van der Waals surface area (Å²) in [5, 5.41) is 18.4. The number of hydrogen-bond acceptors (Lipinski definition) is 3. The van der Waals surface area contributed by atoms with Gasteiger partial charge >= 0.3 is 0 Å². The first-order chi connectivity index (χ1) is 7.70. The van der Waals surface area contributed by atoms with Gasteiger partial charge in [-0.2, -0.15) is 10.2 Å². The molecular formula is C13H20N2O. The zero-order valence-corrected chi connectivity index (χ0v) is 10.1. The normalized spacial score (nSPS) is 17.4. The third-order valence-electron chi connectivity index (χ3n) is 3.27. The average Bonchev–Trinajstić information content (AvgIpc) is 3.09. The van der Waals surface area contributed by atoms with E-state index in [9.17, 15) is 5.11 Å². The van der Waals surface area contributed by atoms with Crippen LogP contribution in [0.15, 0.2) is 6.07 Å². The van der Waals surface area contributed by atoms with Gasteiger partial charge in [0.25, 0.3) is 0 Å². The lowest BCUT2D eigenvalue weighted by Gasteiger charge is -2.13. The fourth-order valence-corrected chi connectivity index (χ4v) is 2.05. The van der Waals surface area contributed by atoms with Gasteiger partial charge in [0, 0.05) is 5.56 Å². The molecule has 0 bridgehead atoms. The van der Waals surface area contributed by atoms with Crippen molar-refractivity contribution in [3.8, 4) is 0 Å². The summed E-state index contributed by atoms with van der Waals surface area (Å²) >= 11 is 0. The first-order valence-corrected chi connectivity index (χ1v) is 6.22. The Morgan fingerprint density at radius 2 is 2.19 bits per heavy atom. The van der Waals surface area contributed by atoms with Gasteiger partial charge in [0.05, 0.1) is 17.5 Å². The largest absolute Gasteiger partial charge is 0.388 e. The zero-order valence-electron chi connectivity index (χ0n) is 10.1. The third-order valence-corrected chi connectivity index (χ3v) is 3.27. The van der Waals surface area contributed by atoms with E-state index in [1.165, 1.54) is 12.8 Å². The number of rotatable bonds is 5. The lowest BCUT2D eigenvalue weighted by molar-refractivity contribution is 0.160. The topological polar surface area (TPSA) is 46.0 Å². The molecule has 3 heteroatoms. The molecule has 0 aliphatic heterocycles. The van der Waals surface area contributed by atoms with Crippen LogP contribution in [-0.4, -0.2) is 15.3 Å². The van der Waals surface area contributed by atoms with Crippen molar-refractivity contribution in [3.05, 3.63) is 23.0 Å². The minimum absolute atomic E-state index is 0.357. The fraction of sp³-hybridized carbons (Fsp3) is 0.692. The minimum Gasteiger partial charge on any atom is -0.388 e. The number of aryl methyl sites for hydroxylation is 2. The lowest BCUT2D eigenvalue weighted by Crippen LogP contribution is -2.06. The molecule has 0 spiro atoms. The van der Waals surface area contributed by atoms with E-state index >= 15 is 0 Å². The Morgan fingerprint density at radius 3 is 2.81 bits per heavy atom. The maximum atomic E-state index is 10.2. The maximum Gasteiger partial charge on any atom is 0.0809 e. The Morgan fingerprint density at radius 1 is 1.44 bits per heavy atom. The van der Waals surface area contributed by atoms with E-state index in [1.54, 1.807) is 0 Å². The van der Waals surface area contributed by atoms with Crippen LogP contribution in [-0.2, 0) is 6.42 Å². The van der Waals surface area contributed by atoms with Crippen molar-refractivity contribution >= 4 is 0 Å². The summed E-state index contributed by atoms with van der Waals surface area (Å²) in [7, 11) is 0. The Balaban J connectivity index is 2.06. The monoisotopic (exact) mass is 220 g/mol. The molecule has 2 rings (SSSR count). The van der Waals surface area contributed by atoms with Crippen LogP contribution in [0.3, 0.4) is 0 Å². The molecule has 16 heavy (non-hydrogen) atoms. The van der Waals surface area contributed by atoms with E-state index in [2.05, 4.69) is 17.1 Å². The van der Waals surface area contributed by atoms with Crippen molar-refractivity contribution < 1.29 is 5.11 Å². The van der Waals surface area contributed by atoms with Gasteiger partial charge in [-0.3, -0.25) is 0 Å². The molecule has 0 radical (unpaired) electrons. The highest BCUT2D eigenvalue weighted by Gasteiger charge is 2.23. The molecule has 1 N–H and O–H groups in total. The second kappa shape index (κ2) is 4.91. The van der Waals surface area contributed by atoms with Crippen LogP contribution in [0.1, 0.15) is 55.7 Å². The van der Waals surface area contributed by atoms with Crippen molar-refractivity contribution in [1.82, 2.24) is 10.2 Å². The van der Waals surface area contributed by atoms with Crippen LogP contribution in [0.25, 0.3) is 0 Å². The molecule has 0 amide bonds. The van der Waals surface area contributed by atoms with Crippen molar-refractivity contribution in [1.29, 1.82) is 0 Å². The van der Waals surface area contributed by atoms with E-state index in [0.29, 0.717) is 0 Å². The minimum atomic E-state index is -0.357. The summed E-state index contributed by atoms with van der Waals surface area (Å²) in [6.07, 6.45) is 5.18. The van der Waals surface area contributed by atoms with Crippen molar-refractivity contribution in [2.45, 2.75) is 52.1 Å². The number of aromatic nitrogens is 2. The van der Waals surface area contributed by atoms with Crippen LogP contribution in [0.5, 0.6) is 0 Å². The highest BCUT2D eigenvalue weighted by Crippen LogP contribution is 2.36. The Labute approximate surface area is 96.9 Å². The third kappa shape index (κ3) is 2.79. The number of hydrogen-bond donors (Lipinski definition) is 1. The predicted molar refractivity (Wildman–Crippen MR) is 63.1 cm³/mol. The van der Waals surface area contributed by atoms with Crippen LogP contribution in [0, 0.1) is 12.8 Å². The van der Waals surface area contributed by atoms with Crippen molar-refractivity contribution in [2.75, 3.05) is 0 Å². The van der Waals surface area contributed by atoms with Crippen molar-refractivity contribution in [3.63, 3.8) is 0 Å². The molecule has 0 saturated heterocycles. The standard InChI is InChI=1S/C13H20N2O/c1-3-12-11(8-9(2)14-15-12)13(16)7-6-10-4-5-10/h8,10,13,16H,3-7H2,1-2H3. The van der Waals surface area contributed by atoms with E-state index in [1.807, 2.05) is 13.0 Å². The summed E-state index contributed by atoms with van der Waals surface area (Å²) < 4.78 is 0. The highest BCUT2D eigenvalue weighted by molar-refractivity contribution is 5.23. The smallest absolute Gasteiger partial charge is 0.0809 e. The summed E-state index contributed by atoms with van der Waals surface area (Å²) in [5.41, 5.74) is 2.81. The molecule has 3 nitrogen and oxygen atoms in total. The Bertz CT molecular complexity index is 361. The van der Waals surface area contributed by atoms with Gasteiger partial charge in [0.1, 0.15) is 0 Å². The number of nitrogens with zero attached hydrogens (tertiary/aromatic N) is 2. The molecule has 1 aromatic rings. The molecular weight excluding hydrogens is 200 g/mol. The molecule has 0 aromatic carbocycles. The Kier molecular flexibility index (Phi) is 3.54. The van der Waals surface area contributed by atoms with E-state index in [0.717, 1.165) is 42.1 Å². The molecule has 88 valence electrons. The predicted octanol–water partition coefficient (Wildman–Crippen LogP) is 2.57. The average molecular weight is 220 g/mol. The summed E-state index contributed by atoms with van der Waals surface area (Å²) in [6.45, 7) is 3.97. The van der Waals surface area contributed by atoms with Crippen LogP contribution < -0.4 is 0 Å². The number of aliphatic hydroxyl groups is 1. The van der Waals surface area contributed by atoms with Crippen LogP contribution >= 0.6 is 0 Å². The van der Waals surface area contributed by atoms with Gasteiger partial charge in [0.2, 0.25) is 0 Å². The first-order valence-electron chi connectivity index (χ1n) is 6.22. The molecule has 1 saturated carbocycles. The van der Waals surface area contributed by atoms with Gasteiger partial charge in [-0.25, -0.2) is 0 Å². The Hall–Kier alpha value is -0.960. The SMILES string of the molecule is CCc1nnc(C)cc1C(O)CCC1CC1. The second-order valence-electron chi connectivity index (χ2n) is 4.78. The molecule has 1 fully saturated rings. The quantitative estimate of drug-likeness (QED) is 0.829. The summed E-state index contributed by atoms with van der Waals surface area (Å²) in [4.78, 5) is 0. The van der Waals surface area contributed by atoms with Gasteiger partial charge in [0.15, 0.2) is 0 Å². The molecule has 1 aliphatic carbocycles. The van der Waals surface area contributed by atoms with Crippen LogP contribution in [0.2, 0.25) is 0 Å². The lowest BCUT2D eigenvalue weighted by atomic mass is 10.0. The van der Waals surface area contributed by atoms with Crippen LogP contribution in [0.4, 0.5) is 0 Å². The first kappa shape index (κ1) is 11.5. The van der Waals surface area contributed by atoms with Gasteiger partial charge in [-0.1, -0.05) is 19.8 Å². The van der Waals surface area contributed by atoms with E-state index in [-0.39, 0.29) is 6.10 Å². The van der Waals surface area contributed by atoms with Gasteiger partial charge < -0.3 is 5.11 Å². The van der Waals surface area contributed by atoms with Gasteiger partial charge in [-0.05, 0) is 38.2 Å².